The Balaban J connectivity index is 1.43. The SMILES string of the molecule is O=C(Oc1c2c(cc3c1C(=O)N[C@@H]1C3=C[C@H](OC(=O)c3ccccc3)[C@@H](O)[C@H]1O)OCO2)c1ccccc1. The highest BCUT2D eigenvalue weighted by Crippen LogP contribution is 2.49. The van der Waals surface area contributed by atoms with Gasteiger partial charge in [0.15, 0.2) is 11.5 Å². The van der Waals surface area contributed by atoms with Crippen molar-refractivity contribution in [1.29, 1.82) is 0 Å². The molecule has 192 valence electrons. The second-order valence-electron chi connectivity index (χ2n) is 8.91. The number of benzene rings is 3. The maximum absolute atomic E-state index is 13.3. The van der Waals surface area contributed by atoms with Crippen molar-refractivity contribution in [1.82, 2.24) is 5.32 Å². The van der Waals surface area contributed by atoms with Crippen LogP contribution >= 0.6 is 0 Å². The number of hydrogen-bond donors (Lipinski definition) is 3. The summed E-state index contributed by atoms with van der Waals surface area (Å²) in [6.07, 6.45) is -2.77. The Morgan fingerprint density at radius 2 is 1.55 bits per heavy atom. The van der Waals surface area contributed by atoms with Crippen molar-refractivity contribution in [2.45, 2.75) is 24.4 Å². The van der Waals surface area contributed by atoms with Crippen LogP contribution in [0.1, 0.15) is 36.6 Å². The lowest BCUT2D eigenvalue weighted by molar-refractivity contribution is -0.0635. The lowest BCUT2D eigenvalue weighted by atomic mass is 9.79. The molecule has 3 N–H and O–H groups in total. The van der Waals surface area contributed by atoms with Crippen LogP contribution in [0.15, 0.2) is 72.8 Å². The normalized spacial score (nSPS) is 22.9. The minimum Gasteiger partial charge on any atom is -0.453 e. The van der Waals surface area contributed by atoms with Crippen LogP contribution in [0.4, 0.5) is 0 Å². The Kier molecular flexibility index (Phi) is 5.82. The Labute approximate surface area is 216 Å². The molecule has 2 heterocycles. The first-order valence-electron chi connectivity index (χ1n) is 11.8. The van der Waals surface area contributed by atoms with Crippen LogP contribution in [0, 0.1) is 0 Å². The van der Waals surface area contributed by atoms with Gasteiger partial charge in [-0.25, -0.2) is 9.59 Å². The smallest absolute Gasteiger partial charge is 0.343 e. The summed E-state index contributed by atoms with van der Waals surface area (Å²) in [6.45, 7) is -0.156. The van der Waals surface area contributed by atoms with E-state index in [2.05, 4.69) is 5.32 Å². The highest BCUT2D eigenvalue weighted by atomic mass is 16.7. The number of nitrogens with one attached hydrogen (secondary N) is 1. The van der Waals surface area contributed by atoms with E-state index in [1.807, 2.05) is 0 Å². The molecule has 0 saturated heterocycles. The van der Waals surface area contributed by atoms with Gasteiger partial charge in [-0.05, 0) is 42.0 Å². The van der Waals surface area contributed by atoms with Crippen molar-refractivity contribution >= 4 is 23.4 Å². The Morgan fingerprint density at radius 3 is 2.24 bits per heavy atom. The van der Waals surface area contributed by atoms with Gasteiger partial charge in [0.1, 0.15) is 18.3 Å². The van der Waals surface area contributed by atoms with Crippen molar-refractivity contribution in [2.24, 2.45) is 0 Å². The highest BCUT2D eigenvalue weighted by Gasteiger charge is 2.46. The van der Waals surface area contributed by atoms with E-state index in [-0.39, 0.29) is 46.3 Å². The van der Waals surface area contributed by atoms with Crippen molar-refractivity contribution in [3.05, 3.63) is 95.1 Å². The summed E-state index contributed by atoms with van der Waals surface area (Å²) in [5.74, 6) is -1.88. The van der Waals surface area contributed by atoms with Gasteiger partial charge in [-0.1, -0.05) is 36.4 Å². The van der Waals surface area contributed by atoms with Crippen molar-refractivity contribution in [3.8, 4) is 17.2 Å². The van der Waals surface area contributed by atoms with E-state index in [4.69, 9.17) is 18.9 Å². The quantitative estimate of drug-likeness (QED) is 0.352. The van der Waals surface area contributed by atoms with Crippen LogP contribution in [-0.2, 0) is 4.74 Å². The first kappa shape index (κ1) is 23.7. The molecule has 0 unspecified atom stereocenters. The molecule has 3 aliphatic rings. The zero-order valence-corrected chi connectivity index (χ0v) is 19.7. The Morgan fingerprint density at radius 1 is 0.895 bits per heavy atom. The van der Waals surface area contributed by atoms with Crippen LogP contribution < -0.4 is 19.5 Å². The van der Waals surface area contributed by atoms with E-state index in [0.29, 0.717) is 5.57 Å². The van der Waals surface area contributed by atoms with Gasteiger partial charge < -0.3 is 34.5 Å². The number of aliphatic hydroxyl groups is 2. The third-order valence-electron chi connectivity index (χ3n) is 6.61. The van der Waals surface area contributed by atoms with E-state index in [1.54, 1.807) is 60.7 Å². The van der Waals surface area contributed by atoms with E-state index in [0.717, 1.165) is 0 Å². The fourth-order valence-electron chi connectivity index (χ4n) is 4.75. The molecule has 0 fully saturated rings. The van der Waals surface area contributed by atoms with Crippen LogP contribution in [0.3, 0.4) is 0 Å². The molecule has 0 saturated carbocycles. The third-order valence-corrected chi connectivity index (χ3v) is 6.61. The fraction of sp³-hybridized carbons (Fsp3) is 0.179. The molecule has 38 heavy (non-hydrogen) atoms. The summed E-state index contributed by atoms with van der Waals surface area (Å²) in [5.41, 5.74) is 1.16. The molecule has 0 radical (unpaired) electrons. The second-order valence-corrected chi connectivity index (χ2v) is 8.91. The Bertz CT molecular complexity index is 1470. The predicted molar refractivity (Wildman–Crippen MR) is 131 cm³/mol. The largest absolute Gasteiger partial charge is 0.453 e. The Hall–Kier alpha value is -4.67. The molecular formula is C28H21NO9. The predicted octanol–water partition coefficient (Wildman–Crippen LogP) is 2.09. The molecular weight excluding hydrogens is 494 g/mol. The van der Waals surface area contributed by atoms with Crippen LogP contribution in [0.5, 0.6) is 17.2 Å². The summed E-state index contributed by atoms with van der Waals surface area (Å²) in [7, 11) is 0. The lowest BCUT2D eigenvalue weighted by Crippen LogP contribution is -2.57. The molecule has 1 aliphatic carbocycles. The van der Waals surface area contributed by atoms with Gasteiger partial charge >= 0.3 is 11.9 Å². The number of rotatable bonds is 4. The molecule has 0 bridgehead atoms. The van der Waals surface area contributed by atoms with E-state index in [1.165, 1.54) is 12.1 Å². The minimum absolute atomic E-state index is 0.0160. The molecule has 0 spiro atoms. The number of aliphatic hydroxyl groups excluding tert-OH is 2. The molecule has 2 aliphatic heterocycles. The second kappa shape index (κ2) is 9.33. The number of carbonyl (C=O) groups is 3. The average Bonchev–Trinajstić information content (AvgIpc) is 3.42. The van der Waals surface area contributed by atoms with Gasteiger partial charge in [-0.15, -0.1) is 0 Å². The van der Waals surface area contributed by atoms with Crippen LogP contribution in [0.25, 0.3) is 5.57 Å². The molecule has 10 heteroatoms. The average molecular weight is 515 g/mol. The van der Waals surface area contributed by atoms with Gasteiger partial charge in [-0.3, -0.25) is 4.79 Å². The number of carbonyl (C=O) groups excluding carboxylic acids is 3. The molecule has 1 amide bonds. The van der Waals surface area contributed by atoms with Crippen molar-refractivity contribution in [2.75, 3.05) is 6.79 Å². The van der Waals surface area contributed by atoms with E-state index < -0.39 is 42.2 Å². The maximum atomic E-state index is 13.3. The maximum Gasteiger partial charge on any atom is 0.343 e. The van der Waals surface area contributed by atoms with E-state index in [9.17, 15) is 24.6 Å². The number of ether oxygens (including phenoxy) is 4. The fourth-order valence-corrected chi connectivity index (χ4v) is 4.75. The summed E-state index contributed by atoms with van der Waals surface area (Å²) >= 11 is 0. The minimum atomic E-state index is -1.51. The zero-order valence-electron chi connectivity index (χ0n) is 19.7. The number of hydrogen-bond acceptors (Lipinski definition) is 9. The zero-order chi connectivity index (χ0) is 26.4. The molecule has 3 aromatic carbocycles. The van der Waals surface area contributed by atoms with Crippen LogP contribution in [0.2, 0.25) is 0 Å². The van der Waals surface area contributed by atoms with Gasteiger partial charge in [0, 0.05) is 5.56 Å². The monoisotopic (exact) mass is 515 g/mol. The van der Waals surface area contributed by atoms with Gasteiger partial charge in [0.2, 0.25) is 12.5 Å². The van der Waals surface area contributed by atoms with Gasteiger partial charge in [0.25, 0.3) is 5.91 Å². The molecule has 10 nitrogen and oxygen atoms in total. The topological polar surface area (TPSA) is 141 Å². The lowest BCUT2D eigenvalue weighted by Gasteiger charge is -2.40. The summed E-state index contributed by atoms with van der Waals surface area (Å²) in [6, 6.07) is 17.0. The van der Waals surface area contributed by atoms with Gasteiger partial charge in [-0.2, -0.15) is 0 Å². The van der Waals surface area contributed by atoms with Crippen molar-refractivity contribution < 1.29 is 43.5 Å². The number of amides is 1. The van der Waals surface area contributed by atoms with Crippen LogP contribution in [-0.4, -0.2) is 59.2 Å². The number of esters is 2. The summed E-state index contributed by atoms with van der Waals surface area (Å²) in [4.78, 5) is 38.8. The first-order chi connectivity index (χ1) is 18.4. The van der Waals surface area contributed by atoms with E-state index >= 15 is 0 Å². The molecule has 0 aromatic heterocycles. The summed E-state index contributed by atoms with van der Waals surface area (Å²) in [5, 5.41) is 24.3. The molecule has 4 atom stereocenters. The summed E-state index contributed by atoms with van der Waals surface area (Å²) < 4.78 is 22.2. The third kappa shape index (κ3) is 3.96. The molecule has 6 rings (SSSR count). The van der Waals surface area contributed by atoms with Gasteiger partial charge in [0.05, 0.1) is 22.7 Å². The highest BCUT2D eigenvalue weighted by molar-refractivity contribution is 6.08. The number of fused-ring (bicyclic) bond motifs is 4. The first-order valence-corrected chi connectivity index (χ1v) is 11.8. The standard InChI is InChI=1S/C28H21NO9/c30-22-18(37-27(33)14-7-3-1-4-8-14)12-17-16-11-19-24(36-13-35-19)25(20(16)26(32)29-21(17)23(22)31)38-28(34)15-9-5-2-6-10-15/h1-12,18,21-23,30-31H,13H2,(H,29,32)/t18-,21+,22+,23-/m0/s1. The molecule has 3 aromatic rings. The van der Waals surface area contributed by atoms with Crippen molar-refractivity contribution in [3.63, 3.8) is 0 Å².